The molecular formula is C22H21ClN4O2S. The lowest BCUT2D eigenvalue weighted by Crippen LogP contribution is -2.35. The highest BCUT2D eigenvalue weighted by molar-refractivity contribution is 7.92. The summed E-state index contributed by atoms with van der Waals surface area (Å²) in [6, 6.07) is 15.1. The van der Waals surface area contributed by atoms with Gasteiger partial charge < -0.3 is 4.90 Å². The van der Waals surface area contributed by atoms with Crippen LogP contribution in [0.1, 0.15) is 30.7 Å². The van der Waals surface area contributed by atoms with E-state index < -0.39 is 15.1 Å². The van der Waals surface area contributed by atoms with Gasteiger partial charge in [-0.05, 0) is 55.2 Å². The highest BCUT2D eigenvalue weighted by atomic mass is 35.5. The lowest BCUT2D eigenvalue weighted by atomic mass is 9.99. The number of benzene rings is 2. The molecule has 8 heteroatoms. The molecule has 0 N–H and O–H groups in total. The van der Waals surface area contributed by atoms with Crippen LogP contribution in [0.4, 0.5) is 5.82 Å². The zero-order valence-corrected chi connectivity index (χ0v) is 18.1. The summed E-state index contributed by atoms with van der Waals surface area (Å²) in [5, 5.41) is 8.89. The minimum absolute atomic E-state index is 0.0339. The minimum Gasteiger partial charge on any atom is -0.355 e. The molecule has 1 aliphatic heterocycles. The van der Waals surface area contributed by atoms with Crippen molar-refractivity contribution in [2.45, 2.75) is 29.9 Å². The topological polar surface area (TPSA) is 86.9 Å². The Balaban J connectivity index is 1.87. The lowest BCUT2D eigenvalue weighted by molar-refractivity contribution is 0.436. The fourth-order valence-electron chi connectivity index (χ4n) is 3.67. The molecule has 0 amide bonds. The van der Waals surface area contributed by atoms with Crippen LogP contribution in [-0.2, 0) is 9.84 Å². The van der Waals surface area contributed by atoms with Gasteiger partial charge in [0.25, 0.3) is 0 Å². The molecule has 0 saturated carbocycles. The maximum absolute atomic E-state index is 13.3. The first-order chi connectivity index (χ1) is 14.4. The molecule has 3 aromatic rings. The van der Waals surface area contributed by atoms with Gasteiger partial charge in [0.05, 0.1) is 22.0 Å². The molecule has 0 spiro atoms. The smallest absolute Gasteiger partial charge is 0.200 e. The quantitative estimate of drug-likeness (QED) is 0.591. The van der Waals surface area contributed by atoms with Crippen molar-refractivity contribution in [2.24, 2.45) is 5.92 Å². The number of halogens is 1. The van der Waals surface area contributed by atoms with Gasteiger partial charge in [-0.15, -0.1) is 0 Å². The van der Waals surface area contributed by atoms with Crippen LogP contribution in [0.15, 0.2) is 53.4 Å². The van der Waals surface area contributed by atoms with Gasteiger partial charge in [-0.2, -0.15) is 5.26 Å². The zero-order chi connectivity index (χ0) is 21.3. The van der Waals surface area contributed by atoms with Crippen molar-refractivity contribution < 1.29 is 8.42 Å². The average Bonchev–Trinajstić information content (AvgIpc) is 2.74. The van der Waals surface area contributed by atoms with E-state index in [9.17, 15) is 13.7 Å². The van der Waals surface area contributed by atoms with Crippen LogP contribution in [0, 0.1) is 17.2 Å². The highest BCUT2D eigenvalue weighted by Crippen LogP contribution is 2.35. The van der Waals surface area contributed by atoms with Crippen LogP contribution in [0.2, 0.25) is 5.02 Å². The molecule has 154 valence electrons. The Kier molecular flexibility index (Phi) is 5.63. The standard InChI is InChI=1S/C22H21ClN4O2S/c1-15-10-12-27(13-11-15)22-21(25-18-4-2-3-5-19(18)26-22)20(14-24)30(28,29)17-8-6-16(23)7-9-17/h2-9,15,20H,10-13H2,1H3/t20-/m0/s1. The van der Waals surface area contributed by atoms with E-state index in [1.165, 1.54) is 24.3 Å². The summed E-state index contributed by atoms with van der Waals surface area (Å²) in [7, 11) is -4.01. The van der Waals surface area contributed by atoms with Gasteiger partial charge in [0.2, 0.25) is 9.84 Å². The first kappa shape index (κ1) is 20.6. The average molecular weight is 441 g/mol. The van der Waals surface area contributed by atoms with E-state index in [2.05, 4.69) is 16.8 Å². The zero-order valence-electron chi connectivity index (χ0n) is 16.5. The Bertz CT molecular complexity index is 1210. The molecule has 30 heavy (non-hydrogen) atoms. The molecule has 0 aliphatic carbocycles. The van der Waals surface area contributed by atoms with Crippen LogP contribution in [0.25, 0.3) is 11.0 Å². The fraction of sp³-hybridized carbons (Fsp3) is 0.318. The summed E-state index contributed by atoms with van der Waals surface area (Å²) in [6.45, 7) is 3.70. The molecule has 2 aromatic carbocycles. The minimum atomic E-state index is -4.01. The summed E-state index contributed by atoms with van der Waals surface area (Å²) < 4.78 is 26.7. The van der Waals surface area contributed by atoms with Gasteiger partial charge in [-0.1, -0.05) is 30.7 Å². The molecule has 1 saturated heterocycles. The second-order valence-electron chi connectivity index (χ2n) is 7.60. The maximum atomic E-state index is 13.3. The predicted octanol–water partition coefficient (Wildman–Crippen LogP) is 4.56. The Morgan fingerprint density at radius 1 is 1.07 bits per heavy atom. The monoisotopic (exact) mass is 440 g/mol. The Labute approximate surface area is 181 Å². The van der Waals surface area contributed by atoms with Gasteiger partial charge in [0.15, 0.2) is 11.1 Å². The number of nitrogens with zero attached hydrogens (tertiary/aromatic N) is 4. The number of para-hydroxylation sites is 2. The molecule has 1 aromatic heterocycles. The first-order valence-corrected chi connectivity index (χ1v) is 11.7. The Hall–Kier alpha value is -2.69. The summed E-state index contributed by atoms with van der Waals surface area (Å²) in [4.78, 5) is 11.4. The van der Waals surface area contributed by atoms with Crippen LogP contribution >= 0.6 is 11.6 Å². The number of rotatable bonds is 4. The second kappa shape index (κ2) is 8.21. The summed E-state index contributed by atoms with van der Waals surface area (Å²) in [5.74, 6) is 1.08. The van der Waals surface area contributed by atoms with Crippen molar-refractivity contribution in [3.8, 4) is 6.07 Å². The van der Waals surface area contributed by atoms with Gasteiger partial charge in [0, 0.05) is 18.1 Å². The van der Waals surface area contributed by atoms with Crippen LogP contribution in [-0.4, -0.2) is 31.5 Å². The number of anilines is 1. The third-order valence-electron chi connectivity index (χ3n) is 5.48. The maximum Gasteiger partial charge on any atom is 0.200 e. The van der Waals surface area contributed by atoms with E-state index in [0.717, 1.165) is 25.9 Å². The van der Waals surface area contributed by atoms with Crippen molar-refractivity contribution in [3.05, 3.63) is 59.2 Å². The van der Waals surface area contributed by atoms with Crippen molar-refractivity contribution in [3.63, 3.8) is 0 Å². The molecule has 0 unspecified atom stereocenters. The van der Waals surface area contributed by atoms with Crippen molar-refractivity contribution in [2.75, 3.05) is 18.0 Å². The molecule has 4 rings (SSSR count). The van der Waals surface area contributed by atoms with Gasteiger partial charge in [0.1, 0.15) is 5.69 Å². The molecular weight excluding hydrogens is 420 g/mol. The van der Waals surface area contributed by atoms with Crippen molar-refractivity contribution in [1.29, 1.82) is 5.26 Å². The number of nitriles is 1. The largest absolute Gasteiger partial charge is 0.355 e. The number of hydrogen-bond acceptors (Lipinski definition) is 6. The number of sulfone groups is 1. The van der Waals surface area contributed by atoms with Gasteiger partial charge in [-0.3, -0.25) is 0 Å². The second-order valence-corrected chi connectivity index (χ2v) is 10.1. The number of fused-ring (bicyclic) bond motifs is 1. The Morgan fingerprint density at radius 3 is 2.27 bits per heavy atom. The van der Waals surface area contributed by atoms with Crippen molar-refractivity contribution >= 4 is 38.3 Å². The summed E-state index contributed by atoms with van der Waals surface area (Å²) in [5.41, 5.74) is 1.42. The van der Waals surface area contributed by atoms with E-state index in [0.29, 0.717) is 27.8 Å². The van der Waals surface area contributed by atoms with E-state index >= 15 is 0 Å². The predicted molar refractivity (Wildman–Crippen MR) is 117 cm³/mol. The number of hydrogen-bond donors (Lipinski definition) is 0. The van der Waals surface area contributed by atoms with Crippen LogP contribution in [0.3, 0.4) is 0 Å². The highest BCUT2D eigenvalue weighted by Gasteiger charge is 2.35. The third-order valence-corrected chi connectivity index (χ3v) is 7.61. The lowest BCUT2D eigenvalue weighted by Gasteiger charge is -2.32. The molecule has 1 aliphatic rings. The van der Waals surface area contributed by atoms with Gasteiger partial charge in [-0.25, -0.2) is 18.4 Å². The van der Waals surface area contributed by atoms with E-state index in [1.54, 1.807) is 6.07 Å². The first-order valence-electron chi connectivity index (χ1n) is 9.81. The molecule has 1 atom stereocenters. The molecule has 6 nitrogen and oxygen atoms in total. The van der Waals surface area contributed by atoms with E-state index in [1.807, 2.05) is 24.3 Å². The number of aromatic nitrogens is 2. The molecule has 0 bridgehead atoms. The van der Waals surface area contributed by atoms with E-state index in [4.69, 9.17) is 16.6 Å². The SMILES string of the molecule is CC1CCN(c2nc3ccccc3nc2[C@H](C#N)S(=O)(=O)c2ccc(Cl)cc2)CC1. The van der Waals surface area contributed by atoms with Crippen LogP contribution in [0.5, 0.6) is 0 Å². The molecule has 1 fully saturated rings. The third kappa shape index (κ3) is 3.85. The van der Waals surface area contributed by atoms with Gasteiger partial charge >= 0.3 is 0 Å². The van der Waals surface area contributed by atoms with Crippen molar-refractivity contribution in [1.82, 2.24) is 9.97 Å². The fourth-order valence-corrected chi connectivity index (χ4v) is 5.18. The molecule has 0 radical (unpaired) electrons. The Morgan fingerprint density at radius 2 is 1.67 bits per heavy atom. The molecule has 2 heterocycles. The van der Waals surface area contributed by atoms with E-state index in [-0.39, 0.29) is 10.6 Å². The van der Waals surface area contributed by atoms with Crippen LogP contribution < -0.4 is 4.90 Å². The normalized spacial score (nSPS) is 16.4. The number of piperidine rings is 1. The summed E-state index contributed by atoms with van der Waals surface area (Å²) in [6.07, 6.45) is 1.96. The summed E-state index contributed by atoms with van der Waals surface area (Å²) >= 11 is 5.91.